The van der Waals surface area contributed by atoms with Crippen LogP contribution in [0.1, 0.15) is 48.0 Å². The molecule has 3 heterocycles. The normalized spacial score (nSPS) is 29.8. The third-order valence-corrected chi connectivity index (χ3v) is 7.66. The first-order valence-electron chi connectivity index (χ1n) is 10.9. The highest BCUT2D eigenvalue weighted by Gasteiger charge is 2.39. The van der Waals surface area contributed by atoms with E-state index in [1.165, 1.54) is 24.3 Å². The van der Waals surface area contributed by atoms with Gasteiger partial charge in [-0.3, -0.25) is 24.6 Å². The fraction of sp³-hybridized carbons (Fsp3) is 0.591. The fourth-order valence-electron chi connectivity index (χ4n) is 5.17. The van der Waals surface area contributed by atoms with E-state index in [2.05, 4.69) is 10.2 Å². The Labute approximate surface area is 180 Å². The van der Waals surface area contributed by atoms with Crippen molar-refractivity contribution in [3.63, 3.8) is 0 Å². The summed E-state index contributed by atoms with van der Waals surface area (Å²) in [6.45, 7) is 2.65. The molecule has 4 aliphatic rings. The van der Waals surface area contributed by atoms with Gasteiger partial charge in [-0.1, -0.05) is 0 Å². The summed E-state index contributed by atoms with van der Waals surface area (Å²) in [6, 6.07) is 5.55. The van der Waals surface area contributed by atoms with Gasteiger partial charge in [0.2, 0.25) is 11.8 Å². The maximum Gasteiger partial charge on any atom is 0.255 e. The molecular weight excluding hydrogens is 402 g/mol. The molecule has 8 heteroatoms. The Morgan fingerprint density at radius 1 is 1.07 bits per heavy atom. The van der Waals surface area contributed by atoms with E-state index in [-0.39, 0.29) is 30.2 Å². The Bertz CT molecular complexity index is 870. The Balaban J connectivity index is 1.28. The number of amides is 3. The average Bonchev–Trinajstić information content (AvgIpc) is 3.33. The van der Waals surface area contributed by atoms with Crippen LogP contribution in [0.25, 0.3) is 0 Å². The molecule has 5 rings (SSSR count). The van der Waals surface area contributed by atoms with Crippen molar-refractivity contribution >= 4 is 29.5 Å². The van der Waals surface area contributed by atoms with Crippen LogP contribution in [0.15, 0.2) is 18.2 Å². The van der Waals surface area contributed by atoms with E-state index in [9.17, 15) is 14.4 Å². The third kappa shape index (κ3) is 3.71. The molecule has 1 N–H and O–H groups in total. The smallest absolute Gasteiger partial charge is 0.255 e. The molecule has 1 aliphatic carbocycles. The van der Waals surface area contributed by atoms with Crippen LogP contribution in [0.5, 0.6) is 5.75 Å². The van der Waals surface area contributed by atoms with E-state index in [0.29, 0.717) is 24.6 Å². The minimum Gasteiger partial charge on any atom is -0.489 e. The van der Waals surface area contributed by atoms with Crippen molar-refractivity contribution in [2.24, 2.45) is 0 Å². The molecule has 1 saturated carbocycles. The van der Waals surface area contributed by atoms with Crippen molar-refractivity contribution < 1.29 is 19.1 Å². The molecule has 1 unspecified atom stereocenters. The number of fused-ring (bicyclic) bond motifs is 1. The first-order valence-corrected chi connectivity index (χ1v) is 12.0. The summed E-state index contributed by atoms with van der Waals surface area (Å²) in [5, 5.41) is 2.35. The van der Waals surface area contributed by atoms with Gasteiger partial charge in [0.25, 0.3) is 5.91 Å². The molecule has 0 spiro atoms. The van der Waals surface area contributed by atoms with E-state index in [4.69, 9.17) is 4.74 Å². The molecule has 0 aromatic heterocycles. The number of piperidine rings is 1. The number of carbonyl (C=O) groups is 3. The van der Waals surface area contributed by atoms with Crippen LogP contribution in [-0.2, 0) is 16.1 Å². The van der Waals surface area contributed by atoms with Gasteiger partial charge < -0.3 is 9.64 Å². The van der Waals surface area contributed by atoms with Crippen LogP contribution < -0.4 is 10.1 Å². The summed E-state index contributed by atoms with van der Waals surface area (Å²) in [6.07, 6.45) is 4.27. The van der Waals surface area contributed by atoms with Crippen molar-refractivity contribution in [3.05, 3.63) is 29.3 Å². The number of nitrogens with one attached hydrogen (secondary N) is 1. The highest BCUT2D eigenvalue weighted by molar-refractivity contribution is 7.99. The first-order chi connectivity index (χ1) is 14.6. The molecule has 0 radical (unpaired) electrons. The lowest BCUT2D eigenvalue weighted by Gasteiger charge is -2.35. The van der Waals surface area contributed by atoms with Crippen LogP contribution in [0.3, 0.4) is 0 Å². The summed E-state index contributed by atoms with van der Waals surface area (Å²) in [4.78, 5) is 40.7. The predicted molar refractivity (Wildman–Crippen MR) is 113 cm³/mol. The molecule has 3 atom stereocenters. The highest BCUT2D eigenvalue weighted by Crippen LogP contribution is 2.33. The monoisotopic (exact) mass is 429 g/mol. The molecule has 3 fully saturated rings. The minimum absolute atomic E-state index is 0.143. The van der Waals surface area contributed by atoms with Crippen molar-refractivity contribution in [3.8, 4) is 5.75 Å². The lowest BCUT2D eigenvalue weighted by molar-refractivity contribution is -0.136. The number of hydrogen-bond acceptors (Lipinski definition) is 6. The van der Waals surface area contributed by atoms with Gasteiger partial charge in [-0.05, 0) is 49.4 Å². The maximum atomic E-state index is 12.8. The lowest BCUT2D eigenvalue weighted by Crippen LogP contribution is -2.52. The Morgan fingerprint density at radius 2 is 1.90 bits per heavy atom. The molecule has 1 aromatic carbocycles. The van der Waals surface area contributed by atoms with Gasteiger partial charge in [-0.2, -0.15) is 11.8 Å². The summed E-state index contributed by atoms with van der Waals surface area (Å²) in [5.74, 6) is 2.40. The predicted octanol–water partition coefficient (Wildman–Crippen LogP) is 1.80. The van der Waals surface area contributed by atoms with Gasteiger partial charge in [0.1, 0.15) is 17.9 Å². The van der Waals surface area contributed by atoms with Gasteiger partial charge >= 0.3 is 0 Å². The zero-order valence-corrected chi connectivity index (χ0v) is 17.8. The van der Waals surface area contributed by atoms with Crippen molar-refractivity contribution in [2.45, 2.75) is 56.8 Å². The van der Waals surface area contributed by atoms with Crippen LogP contribution in [0.2, 0.25) is 0 Å². The molecule has 2 saturated heterocycles. The van der Waals surface area contributed by atoms with Gasteiger partial charge in [0.05, 0.1) is 0 Å². The van der Waals surface area contributed by atoms with Gasteiger partial charge in [0, 0.05) is 49.2 Å². The maximum absolute atomic E-state index is 12.8. The number of carbonyl (C=O) groups excluding carboxylic acids is 3. The summed E-state index contributed by atoms with van der Waals surface area (Å²) >= 11 is 2.02. The number of rotatable bonds is 4. The molecule has 0 bridgehead atoms. The number of thioether (sulfide) groups is 1. The molecule has 7 nitrogen and oxygen atoms in total. The molecular formula is C22H27N3O4S. The number of nitrogens with zero attached hydrogens (tertiary/aromatic N) is 2. The van der Waals surface area contributed by atoms with Crippen LogP contribution in [-0.4, -0.2) is 70.3 Å². The first kappa shape index (κ1) is 19.9. The number of ether oxygens (including phenoxy) is 1. The van der Waals surface area contributed by atoms with E-state index in [1.807, 2.05) is 30.0 Å². The Morgan fingerprint density at radius 3 is 2.70 bits per heavy atom. The number of hydrogen-bond donors (Lipinski definition) is 1. The van der Waals surface area contributed by atoms with E-state index < -0.39 is 6.04 Å². The zero-order valence-electron chi connectivity index (χ0n) is 17.0. The molecule has 160 valence electrons. The molecule has 30 heavy (non-hydrogen) atoms. The highest BCUT2D eigenvalue weighted by atomic mass is 32.2. The number of imide groups is 1. The second-order valence-electron chi connectivity index (χ2n) is 8.52. The second kappa shape index (κ2) is 8.23. The van der Waals surface area contributed by atoms with E-state index in [1.54, 1.807) is 4.90 Å². The van der Waals surface area contributed by atoms with Crippen LogP contribution in [0.4, 0.5) is 0 Å². The van der Waals surface area contributed by atoms with Crippen molar-refractivity contribution in [2.75, 3.05) is 24.6 Å². The Kier molecular flexibility index (Phi) is 5.45. The lowest BCUT2D eigenvalue weighted by atomic mass is 10.0. The summed E-state index contributed by atoms with van der Waals surface area (Å²) < 4.78 is 6.42. The van der Waals surface area contributed by atoms with Crippen molar-refractivity contribution in [1.29, 1.82) is 0 Å². The SMILES string of the molecule is O=C1CCC(N2Cc3cc(O[C@@H]4CCC[C@@H]4N4CCSCC4)ccc3C2=O)C(=O)N1. The molecule has 3 amide bonds. The Hall–Kier alpha value is -2.06. The van der Waals surface area contributed by atoms with Gasteiger partial charge in [0.15, 0.2) is 0 Å². The molecule has 1 aromatic rings. The largest absolute Gasteiger partial charge is 0.489 e. The molecule has 3 aliphatic heterocycles. The zero-order chi connectivity index (χ0) is 20.7. The topological polar surface area (TPSA) is 79.0 Å². The van der Waals surface area contributed by atoms with Gasteiger partial charge in [-0.25, -0.2) is 0 Å². The van der Waals surface area contributed by atoms with Crippen LogP contribution in [0, 0.1) is 0 Å². The van der Waals surface area contributed by atoms with Gasteiger partial charge in [-0.15, -0.1) is 0 Å². The standard InChI is InChI=1S/C22H27N3O4S/c26-20-7-6-18(21(27)23-20)25-13-14-12-15(4-5-16(14)22(25)28)29-19-3-1-2-17(19)24-8-10-30-11-9-24/h4-5,12,17-19H,1-3,6-11,13H2,(H,23,26,27)/t17-,18?,19+/m0/s1. The third-order valence-electron chi connectivity index (χ3n) is 6.71. The average molecular weight is 430 g/mol. The quantitative estimate of drug-likeness (QED) is 0.736. The summed E-state index contributed by atoms with van der Waals surface area (Å²) in [5.41, 5.74) is 1.52. The van der Waals surface area contributed by atoms with Crippen LogP contribution >= 0.6 is 11.8 Å². The fourth-order valence-corrected chi connectivity index (χ4v) is 6.10. The van der Waals surface area contributed by atoms with E-state index in [0.717, 1.165) is 30.8 Å². The van der Waals surface area contributed by atoms with E-state index >= 15 is 0 Å². The van der Waals surface area contributed by atoms with Crippen molar-refractivity contribution in [1.82, 2.24) is 15.1 Å². The second-order valence-corrected chi connectivity index (χ2v) is 9.75. The number of benzene rings is 1. The minimum atomic E-state index is -0.580. The summed E-state index contributed by atoms with van der Waals surface area (Å²) in [7, 11) is 0.